The second kappa shape index (κ2) is 9.60. The van der Waals surface area contributed by atoms with Gasteiger partial charge in [0, 0.05) is 23.3 Å². The summed E-state index contributed by atoms with van der Waals surface area (Å²) in [5.41, 5.74) is 2.87. The second-order valence-electron chi connectivity index (χ2n) is 6.12. The summed E-state index contributed by atoms with van der Waals surface area (Å²) in [5, 5.41) is 4.27. The van der Waals surface area contributed by atoms with Crippen LogP contribution in [-0.4, -0.2) is 15.9 Å². The molecule has 0 aliphatic carbocycles. The smallest absolute Gasteiger partial charge is 0.258 e. The van der Waals surface area contributed by atoms with Crippen molar-refractivity contribution in [2.75, 3.05) is 5.32 Å². The topological polar surface area (TPSA) is 54.9 Å². The fraction of sp³-hybridized carbons (Fsp3) is 0. The Labute approximate surface area is 189 Å². The second-order valence-corrected chi connectivity index (χ2v) is 6.93. The molecule has 0 saturated carbocycles. The van der Waals surface area contributed by atoms with Crippen LogP contribution < -0.4 is 5.32 Å². The number of hydrogen-bond acceptors (Lipinski definition) is 3. The van der Waals surface area contributed by atoms with E-state index in [9.17, 15) is 4.79 Å². The lowest BCUT2D eigenvalue weighted by Gasteiger charge is -2.10. The van der Waals surface area contributed by atoms with Gasteiger partial charge < -0.3 is 5.32 Å². The SMILES string of the molecule is Cl.O=C(Nc1cccc2cc(C#Cc3ccccn3)cnc12)c1c(Cl)cccc1Cl. The number of halogens is 3. The fourth-order valence-corrected chi connectivity index (χ4v) is 3.37. The average Bonchev–Trinajstić information content (AvgIpc) is 2.73. The van der Waals surface area contributed by atoms with E-state index in [-0.39, 0.29) is 28.0 Å². The minimum Gasteiger partial charge on any atom is -0.320 e. The van der Waals surface area contributed by atoms with Gasteiger partial charge in [-0.2, -0.15) is 0 Å². The molecule has 0 aliphatic rings. The van der Waals surface area contributed by atoms with Gasteiger partial charge in [0.05, 0.1) is 26.8 Å². The van der Waals surface area contributed by atoms with Gasteiger partial charge in [0.2, 0.25) is 0 Å². The van der Waals surface area contributed by atoms with E-state index in [1.165, 1.54) is 0 Å². The number of aromatic nitrogens is 2. The van der Waals surface area contributed by atoms with Gasteiger partial charge in [0.1, 0.15) is 5.69 Å². The first-order valence-electron chi connectivity index (χ1n) is 8.69. The van der Waals surface area contributed by atoms with Crippen LogP contribution in [0.15, 0.2) is 73.1 Å². The number of hydrogen-bond donors (Lipinski definition) is 1. The van der Waals surface area contributed by atoms with E-state index < -0.39 is 5.91 Å². The van der Waals surface area contributed by atoms with Crippen molar-refractivity contribution in [3.63, 3.8) is 0 Å². The lowest BCUT2D eigenvalue weighted by Crippen LogP contribution is -2.13. The first kappa shape index (κ1) is 21.6. The Balaban J connectivity index is 0.00000256. The zero-order valence-corrected chi connectivity index (χ0v) is 17.7. The number of amides is 1. The third kappa shape index (κ3) is 4.72. The molecule has 0 unspecified atom stereocenters. The summed E-state index contributed by atoms with van der Waals surface area (Å²) in [4.78, 5) is 21.4. The molecule has 0 fully saturated rings. The van der Waals surface area contributed by atoms with E-state index in [0.717, 1.165) is 10.9 Å². The first-order valence-corrected chi connectivity index (χ1v) is 9.44. The summed E-state index contributed by atoms with van der Waals surface area (Å²) >= 11 is 12.3. The van der Waals surface area contributed by atoms with Crippen molar-refractivity contribution in [1.29, 1.82) is 0 Å². The predicted molar refractivity (Wildman–Crippen MR) is 124 cm³/mol. The zero-order chi connectivity index (χ0) is 20.2. The Morgan fingerprint density at radius 2 is 1.67 bits per heavy atom. The molecule has 2 heterocycles. The number of carbonyl (C=O) groups excluding carboxylic acids is 1. The zero-order valence-electron chi connectivity index (χ0n) is 15.4. The van der Waals surface area contributed by atoms with Gasteiger partial charge in [-0.05, 0) is 42.3 Å². The third-order valence-electron chi connectivity index (χ3n) is 4.15. The maximum Gasteiger partial charge on any atom is 0.258 e. The molecule has 1 amide bonds. The van der Waals surface area contributed by atoms with E-state index in [0.29, 0.717) is 16.9 Å². The molecular formula is C23H14Cl3N3O. The molecule has 2 aromatic carbocycles. The molecule has 4 nitrogen and oxygen atoms in total. The summed E-state index contributed by atoms with van der Waals surface area (Å²) in [7, 11) is 0. The number of benzene rings is 2. The van der Waals surface area contributed by atoms with Crippen LogP contribution in [0.5, 0.6) is 0 Å². The molecule has 0 saturated heterocycles. The van der Waals surface area contributed by atoms with Gasteiger partial charge in [-0.15, -0.1) is 12.4 Å². The highest BCUT2D eigenvalue weighted by atomic mass is 35.5. The number of anilines is 1. The summed E-state index contributed by atoms with van der Waals surface area (Å²) in [6.07, 6.45) is 3.36. The summed E-state index contributed by atoms with van der Waals surface area (Å²) < 4.78 is 0. The molecule has 0 spiro atoms. The number of para-hydroxylation sites is 1. The molecule has 7 heteroatoms. The van der Waals surface area contributed by atoms with Crippen LogP contribution in [-0.2, 0) is 0 Å². The average molecular weight is 455 g/mol. The number of rotatable bonds is 2. The Kier molecular flexibility index (Phi) is 6.91. The van der Waals surface area contributed by atoms with Crippen molar-refractivity contribution in [2.24, 2.45) is 0 Å². The van der Waals surface area contributed by atoms with Crippen LogP contribution in [0.25, 0.3) is 10.9 Å². The van der Waals surface area contributed by atoms with E-state index in [4.69, 9.17) is 23.2 Å². The van der Waals surface area contributed by atoms with E-state index in [2.05, 4.69) is 27.1 Å². The number of carbonyl (C=O) groups is 1. The van der Waals surface area contributed by atoms with E-state index >= 15 is 0 Å². The first-order chi connectivity index (χ1) is 14.1. The number of fused-ring (bicyclic) bond motifs is 1. The number of pyridine rings is 2. The highest BCUT2D eigenvalue weighted by Gasteiger charge is 2.16. The molecule has 2 aromatic heterocycles. The predicted octanol–water partition coefficient (Wildman–Crippen LogP) is 6.01. The molecule has 4 rings (SSSR count). The fourth-order valence-electron chi connectivity index (χ4n) is 2.80. The Morgan fingerprint density at radius 1 is 0.900 bits per heavy atom. The Morgan fingerprint density at radius 3 is 2.40 bits per heavy atom. The van der Waals surface area contributed by atoms with Gasteiger partial charge in [0.15, 0.2) is 0 Å². The minimum absolute atomic E-state index is 0. The molecule has 0 radical (unpaired) electrons. The van der Waals surface area contributed by atoms with Crippen molar-refractivity contribution in [1.82, 2.24) is 9.97 Å². The van der Waals surface area contributed by atoms with Crippen LogP contribution in [0.1, 0.15) is 21.6 Å². The monoisotopic (exact) mass is 453 g/mol. The van der Waals surface area contributed by atoms with Crippen LogP contribution >= 0.6 is 35.6 Å². The van der Waals surface area contributed by atoms with Gasteiger partial charge >= 0.3 is 0 Å². The number of nitrogens with one attached hydrogen (secondary N) is 1. The van der Waals surface area contributed by atoms with Crippen molar-refractivity contribution in [3.8, 4) is 11.8 Å². The van der Waals surface area contributed by atoms with Crippen molar-refractivity contribution >= 4 is 58.1 Å². The molecule has 0 atom stereocenters. The maximum absolute atomic E-state index is 12.7. The Hall–Kier alpha value is -3.10. The van der Waals surface area contributed by atoms with Crippen molar-refractivity contribution in [3.05, 3.63) is 99.9 Å². The molecule has 4 aromatic rings. The van der Waals surface area contributed by atoms with E-state index in [1.54, 1.807) is 36.7 Å². The normalized spacial score (nSPS) is 9.93. The largest absolute Gasteiger partial charge is 0.320 e. The van der Waals surface area contributed by atoms with Crippen molar-refractivity contribution < 1.29 is 4.79 Å². The molecular weight excluding hydrogens is 441 g/mol. The molecule has 1 N–H and O–H groups in total. The van der Waals surface area contributed by atoms with Crippen LogP contribution in [0.4, 0.5) is 5.69 Å². The van der Waals surface area contributed by atoms with E-state index in [1.807, 2.05) is 36.4 Å². The standard InChI is InChI=1S/C23H13Cl2N3O.ClH/c24-18-7-4-8-19(25)21(18)23(29)28-20-9-3-5-16-13-15(14-27-22(16)20)10-11-17-6-1-2-12-26-17;/h1-9,12-14H,(H,28,29);1H. The van der Waals surface area contributed by atoms with Crippen LogP contribution in [0, 0.1) is 11.8 Å². The molecule has 148 valence electrons. The lowest BCUT2D eigenvalue weighted by molar-refractivity contribution is 0.102. The van der Waals surface area contributed by atoms with Crippen LogP contribution in [0.3, 0.4) is 0 Å². The summed E-state index contributed by atoms with van der Waals surface area (Å²) in [6.45, 7) is 0. The summed E-state index contributed by atoms with van der Waals surface area (Å²) in [6, 6.07) is 17.9. The Bertz CT molecular complexity index is 1260. The highest BCUT2D eigenvalue weighted by Crippen LogP contribution is 2.27. The van der Waals surface area contributed by atoms with Gasteiger partial charge in [-0.25, -0.2) is 4.98 Å². The maximum atomic E-state index is 12.7. The summed E-state index contributed by atoms with van der Waals surface area (Å²) in [5.74, 6) is 5.67. The van der Waals surface area contributed by atoms with Gasteiger partial charge in [-0.3, -0.25) is 9.78 Å². The van der Waals surface area contributed by atoms with Crippen LogP contribution in [0.2, 0.25) is 10.0 Å². The number of nitrogens with zero attached hydrogens (tertiary/aromatic N) is 2. The lowest BCUT2D eigenvalue weighted by atomic mass is 10.1. The third-order valence-corrected chi connectivity index (χ3v) is 4.78. The quantitative estimate of drug-likeness (QED) is 0.377. The molecule has 0 aliphatic heterocycles. The minimum atomic E-state index is -0.395. The molecule has 30 heavy (non-hydrogen) atoms. The molecule has 0 bridgehead atoms. The highest BCUT2D eigenvalue weighted by molar-refractivity contribution is 6.40. The van der Waals surface area contributed by atoms with Gasteiger partial charge in [-0.1, -0.05) is 53.4 Å². The van der Waals surface area contributed by atoms with Crippen molar-refractivity contribution in [2.45, 2.75) is 0 Å². The van der Waals surface area contributed by atoms with Gasteiger partial charge in [0.25, 0.3) is 5.91 Å².